The predicted octanol–water partition coefficient (Wildman–Crippen LogP) is 4.45. The molecule has 1 aliphatic rings. The molecule has 0 atom stereocenters. The Hall–Kier alpha value is -1.36. The molecule has 1 aliphatic carbocycles. The summed E-state index contributed by atoms with van der Waals surface area (Å²) in [5.41, 5.74) is 0.702. The van der Waals surface area contributed by atoms with Gasteiger partial charge in [0, 0.05) is 16.1 Å². The van der Waals surface area contributed by atoms with E-state index in [1.54, 1.807) is 12.1 Å². The first-order valence-corrected chi connectivity index (χ1v) is 8.21. The largest absolute Gasteiger partial charge is 0.478 e. The summed E-state index contributed by atoms with van der Waals surface area (Å²) in [5.74, 6) is -0.957. The zero-order valence-corrected chi connectivity index (χ0v) is 13.5. The first-order valence-electron chi connectivity index (χ1n) is 7.41. The quantitative estimate of drug-likeness (QED) is 0.843. The highest BCUT2D eigenvalue weighted by atomic mass is 79.9. The van der Waals surface area contributed by atoms with Crippen molar-refractivity contribution in [3.8, 4) is 0 Å². The fraction of sp³-hybridized carbons (Fsp3) is 0.500. The number of carbonyl (C=O) groups is 2. The molecule has 0 unspecified atom stereocenters. The zero-order valence-electron chi connectivity index (χ0n) is 11.9. The minimum Gasteiger partial charge on any atom is -0.478 e. The van der Waals surface area contributed by atoms with Crippen molar-refractivity contribution in [2.75, 3.05) is 5.32 Å². The Bertz CT molecular complexity index is 522. The Labute approximate surface area is 133 Å². The standard InChI is InChI=1S/C16H20BrNO3/c17-14-9-8-12(10-13(14)16(20)21)18-15(19)11-6-4-2-1-3-5-7-11/h8-11H,1-7H2,(H,18,19)(H,20,21). The summed E-state index contributed by atoms with van der Waals surface area (Å²) in [4.78, 5) is 23.4. The number of hydrogen-bond acceptors (Lipinski definition) is 2. The summed E-state index contributed by atoms with van der Waals surface area (Å²) < 4.78 is 0.513. The van der Waals surface area contributed by atoms with E-state index >= 15 is 0 Å². The van der Waals surface area contributed by atoms with Gasteiger partial charge >= 0.3 is 5.97 Å². The van der Waals surface area contributed by atoms with Gasteiger partial charge in [-0.05, 0) is 47.0 Å². The van der Waals surface area contributed by atoms with Crippen LogP contribution in [0.3, 0.4) is 0 Å². The van der Waals surface area contributed by atoms with Crippen LogP contribution in [0.15, 0.2) is 22.7 Å². The number of hydrogen-bond donors (Lipinski definition) is 2. The lowest BCUT2D eigenvalue weighted by Crippen LogP contribution is -2.23. The topological polar surface area (TPSA) is 66.4 Å². The van der Waals surface area contributed by atoms with Gasteiger partial charge in [0.1, 0.15) is 0 Å². The van der Waals surface area contributed by atoms with Gasteiger partial charge in [-0.1, -0.05) is 32.1 Å². The molecule has 0 bridgehead atoms. The van der Waals surface area contributed by atoms with Gasteiger partial charge in [0.15, 0.2) is 0 Å². The number of nitrogens with one attached hydrogen (secondary N) is 1. The molecule has 1 amide bonds. The fourth-order valence-corrected chi connectivity index (χ4v) is 3.15. The van der Waals surface area contributed by atoms with Gasteiger partial charge in [-0.25, -0.2) is 4.79 Å². The maximum absolute atomic E-state index is 12.3. The third-order valence-electron chi connectivity index (χ3n) is 3.94. The Kier molecular flexibility index (Phi) is 5.79. The van der Waals surface area contributed by atoms with Crippen molar-refractivity contribution < 1.29 is 14.7 Å². The van der Waals surface area contributed by atoms with Crippen molar-refractivity contribution >= 4 is 33.5 Å². The molecule has 5 heteroatoms. The third kappa shape index (κ3) is 4.56. The summed E-state index contributed by atoms with van der Waals surface area (Å²) in [6.45, 7) is 0. The average molecular weight is 354 g/mol. The van der Waals surface area contributed by atoms with E-state index in [1.165, 1.54) is 25.3 Å². The van der Waals surface area contributed by atoms with Crippen LogP contribution in [-0.4, -0.2) is 17.0 Å². The van der Waals surface area contributed by atoms with Crippen molar-refractivity contribution in [3.05, 3.63) is 28.2 Å². The van der Waals surface area contributed by atoms with Crippen molar-refractivity contribution in [2.24, 2.45) is 5.92 Å². The number of aromatic carboxylic acids is 1. The summed E-state index contributed by atoms with van der Waals surface area (Å²) in [6.07, 6.45) is 7.71. The Morgan fingerprint density at radius 3 is 2.33 bits per heavy atom. The minimum atomic E-state index is -1.01. The molecule has 0 spiro atoms. The number of anilines is 1. The van der Waals surface area contributed by atoms with Gasteiger partial charge in [-0.3, -0.25) is 4.79 Å². The molecule has 1 aromatic rings. The SMILES string of the molecule is O=C(O)c1cc(NC(=O)C2CCCCCCC2)ccc1Br. The monoisotopic (exact) mass is 353 g/mol. The summed E-state index contributed by atoms with van der Waals surface area (Å²) in [5, 5.41) is 12.0. The summed E-state index contributed by atoms with van der Waals surface area (Å²) in [6, 6.07) is 4.86. The van der Waals surface area contributed by atoms with Crippen molar-refractivity contribution in [3.63, 3.8) is 0 Å². The van der Waals surface area contributed by atoms with Crippen LogP contribution < -0.4 is 5.32 Å². The minimum absolute atomic E-state index is 0.00978. The van der Waals surface area contributed by atoms with E-state index in [4.69, 9.17) is 5.11 Å². The molecule has 114 valence electrons. The van der Waals surface area contributed by atoms with Crippen LogP contribution in [0.4, 0.5) is 5.69 Å². The van der Waals surface area contributed by atoms with E-state index in [2.05, 4.69) is 21.2 Å². The molecule has 2 N–H and O–H groups in total. The van der Waals surface area contributed by atoms with Crippen LogP contribution in [-0.2, 0) is 4.79 Å². The molecule has 0 heterocycles. The molecule has 0 radical (unpaired) electrons. The fourth-order valence-electron chi connectivity index (χ4n) is 2.73. The number of benzene rings is 1. The maximum atomic E-state index is 12.3. The zero-order chi connectivity index (χ0) is 15.2. The molecule has 0 saturated heterocycles. The molecule has 1 fully saturated rings. The molecule has 1 aromatic carbocycles. The highest BCUT2D eigenvalue weighted by Gasteiger charge is 2.20. The smallest absolute Gasteiger partial charge is 0.336 e. The van der Waals surface area contributed by atoms with Crippen LogP contribution in [0.5, 0.6) is 0 Å². The van der Waals surface area contributed by atoms with Gasteiger partial charge in [0.05, 0.1) is 5.56 Å². The van der Waals surface area contributed by atoms with Gasteiger partial charge < -0.3 is 10.4 Å². The number of amides is 1. The Morgan fingerprint density at radius 2 is 1.71 bits per heavy atom. The van der Waals surface area contributed by atoms with E-state index in [0.29, 0.717) is 10.2 Å². The lowest BCUT2D eigenvalue weighted by atomic mass is 9.90. The first kappa shape index (κ1) is 16.0. The second-order valence-electron chi connectivity index (χ2n) is 5.53. The predicted molar refractivity (Wildman–Crippen MR) is 85.5 cm³/mol. The molecular formula is C16H20BrNO3. The highest BCUT2D eigenvalue weighted by molar-refractivity contribution is 9.10. The molecule has 0 aromatic heterocycles. The molecular weight excluding hydrogens is 334 g/mol. The van der Waals surface area contributed by atoms with E-state index in [-0.39, 0.29) is 17.4 Å². The normalized spacial score (nSPS) is 16.8. The molecule has 21 heavy (non-hydrogen) atoms. The molecule has 0 aliphatic heterocycles. The lowest BCUT2D eigenvalue weighted by Gasteiger charge is -2.19. The second kappa shape index (κ2) is 7.59. The van der Waals surface area contributed by atoms with E-state index < -0.39 is 5.97 Å². The lowest BCUT2D eigenvalue weighted by molar-refractivity contribution is -0.120. The van der Waals surface area contributed by atoms with E-state index in [9.17, 15) is 9.59 Å². The van der Waals surface area contributed by atoms with Gasteiger partial charge in [0.2, 0.25) is 5.91 Å². The summed E-state index contributed by atoms with van der Waals surface area (Å²) >= 11 is 3.20. The van der Waals surface area contributed by atoms with Gasteiger partial charge in [0.25, 0.3) is 0 Å². The third-order valence-corrected chi connectivity index (χ3v) is 4.63. The highest BCUT2D eigenvalue weighted by Crippen LogP contribution is 2.25. The first-order chi connectivity index (χ1) is 10.1. The number of halogens is 1. The van der Waals surface area contributed by atoms with Gasteiger partial charge in [-0.15, -0.1) is 0 Å². The van der Waals surface area contributed by atoms with Crippen LogP contribution in [0, 0.1) is 5.92 Å². The average Bonchev–Trinajstić information content (AvgIpc) is 2.40. The number of carboxylic acid groups (broad SMARTS) is 1. The van der Waals surface area contributed by atoms with Crippen molar-refractivity contribution in [1.29, 1.82) is 0 Å². The van der Waals surface area contributed by atoms with Crippen LogP contribution in [0.1, 0.15) is 55.3 Å². The molecule has 2 rings (SSSR count). The maximum Gasteiger partial charge on any atom is 0.336 e. The molecule has 4 nitrogen and oxygen atoms in total. The second-order valence-corrected chi connectivity index (χ2v) is 6.39. The van der Waals surface area contributed by atoms with Crippen LogP contribution >= 0.6 is 15.9 Å². The van der Waals surface area contributed by atoms with Crippen molar-refractivity contribution in [2.45, 2.75) is 44.9 Å². The Balaban J connectivity index is 2.04. The number of rotatable bonds is 3. The van der Waals surface area contributed by atoms with Gasteiger partial charge in [-0.2, -0.15) is 0 Å². The van der Waals surface area contributed by atoms with Crippen molar-refractivity contribution in [1.82, 2.24) is 0 Å². The Morgan fingerprint density at radius 1 is 1.10 bits per heavy atom. The van der Waals surface area contributed by atoms with Crippen LogP contribution in [0.2, 0.25) is 0 Å². The van der Waals surface area contributed by atoms with E-state index in [0.717, 1.165) is 25.7 Å². The number of carboxylic acids is 1. The summed E-state index contributed by atoms with van der Waals surface area (Å²) in [7, 11) is 0. The van der Waals surface area contributed by atoms with Crippen LogP contribution in [0.25, 0.3) is 0 Å². The number of carbonyl (C=O) groups excluding carboxylic acids is 1. The van der Waals surface area contributed by atoms with E-state index in [1.807, 2.05) is 0 Å². The molecule has 1 saturated carbocycles.